The summed E-state index contributed by atoms with van der Waals surface area (Å²) >= 11 is 0. The molecule has 0 saturated carbocycles. The zero-order chi connectivity index (χ0) is 11.5. The number of hydrogen-bond donors (Lipinski definition) is 0. The molecule has 1 aromatic rings. The second-order valence-corrected chi connectivity index (χ2v) is 4.36. The lowest BCUT2D eigenvalue weighted by atomic mass is 10.3. The van der Waals surface area contributed by atoms with Crippen LogP contribution in [0.3, 0.4) is 0 Å². The van der Waals surface area contributed by atoms with Crippen molar-refractivity contribution >= 4 is 5.91 Å². The van der Waals surface area contributed by atoms with Crippen LogP contribution >= 0.6 is 0 Å². The molecule has 4 heteroatoms. The van der Waals surface area contributed by atoms with Gasteiger partial charge in [0.05, 0.1) is 0 Å². The predicted molar refractivity (Wildman–Crippen MR) is 61.5 cm³/mol. The number of carbonyl (C=O) groups is 1. The van der Waals surface area contributed by atoms with Gasteiger partial charge in [-0.25, -0.2) is 0 Å². The molecule has 0 atom stereocenters. The quantitative estimate of drug-likeness (QED) is 0.720. The number of carbonyl (C=O) groups excluding carboxylic acids is 1. The highest BCUT2D eigenvalue weighted by molar-refractivity contribution is 5.91. The van der Waals surface area contributed by atoms with Gasteiger partial charge in [0.25, 0.3) is 5.91 Å². The van der Waals surface area contributed by atoms with E-state index in [-0.39, 0.29) is 5.91 Å². The molecule has 16 heavy (non-hydrogen) atoms. The first kappa shape index (κ1) is 11.2. The van der Waals surface area contributed by atoms with E-state index in [0.29, 0.717) is 5.76 Å². The van der Waals surface area contributed by atoms with Crippen molar-refractivity contribution in [3.8, 4) is 0 Å². The lowest BCUT2D eigenvalue weighted by Crippen LogP contribution is -2.34. The Hall–Kier alpha value is -1.29. The Balaban J connectivity index is 2.04. The van der Waals surface area contributed by atoms with Crippen LogP contribution in [0.5, 0.6) is 0 Å². The van der Waals surface area contributed by atoms with Gasteiger partial charge in [0.15, 0.2) is 5.76 Å². The van der Waals surface area contributed by atoms with Crippen LogP contribution in [0.2, 0.25) is 0 Å². The van der Waals surface area contributed by atoms with Gasteiger partial charge in [-0.05, 0) is 39.1 Å². The van der Waals surface area contributed by atoms with Gasteiger partial charge in [-0.3, -0.25) is 4.79 Å². The van der Waals surface area contributed by atoms with Crippen LogP contribution in [0.25, 0.3) is 0 Å². The molecule has 88 valence electrons. The van der Waals surface area contributed by atoms with Gasteiger partial charge in [-0.15, -0.1) is 0 Å². The maximum atomic E-state index is 12.1. The van der Waals surface area contributed by atoms with Crippen LogP contribution in [0.15, 0.2) is 16.5 Å². The van der Waals surface area contributed by atoms with Crippen molar-refractivity contribution in [1.82, 2.24) is 9.80 Å². The third kappa shape index (κ3) is 2.44. The molecule has 4 nitrogen and oxygen atoms in total. The van der Waals surface area contributed by atoms with E-state index < -0.39 is 0 Å². The SMILES string of the molecule is Cc1ccc(C(=O)N2CCCN(C)CC2)o1. The minimum atomic E-state index is 0.0170. The van der Waals surface area contributed by atoms with E-state index in [1.54, 1.807) is 6.07 Å². The Kier molecular flexibility index (Phi) is 3.29. The van der Waals surface area contributed by atoms with E-state index in [0.717, 1.165) is 38.4 Å². The van der Waals surface area contributed by atoms with Crippen molar-refractivity contribution < 1.29 is 9.21 Å². The molecule has 0 N–H and O–H groups in total. The van der Waals surface area contributed by atoms with E-state index in [1.165, 1.54) is 0 Å². The lowest BCUT2D eigenvalue weighted by molar-refractivity contribution is 0.0729. The zero-order valence-corrected chi connectivity index (χ0v) is 9.90. The first-order valence-electron chi connectivity index (χ1n) is 5.71. The third-order valence-electron chi connectivity index (χ3n) is 2.96. The van der Waals surface area contributed by atoms with E-state index in [1.807, 2.05) is 17.9 Å². The minimum Gasteiger partial charge on any atom is -0.456 e. The zero-order valence-electron chi connectivity index (χ0n) is 9.90. The summed E-state index contributed by atoms with van der Waals surface area (Å²) in [6.45, 7) is 5.46. The van der Waals surface area contributed by atoms with Crippen molar-refractivity contribution in [2.45, 2.75) is 13.3 Å². The second kappa shape index (κ2) is 4.70. The van der Waals surface area contributed by atoms with Gasteiger partial charge >= 0.3 is 0 Å². The van der Waals surface area contributed by atoms with Gasteiger partial charge in [0.2, 0.25) is 0 Å². The van der Waals surface area contributed by atoms with Crippen LogP contribution in [-0.2, 0) is 0 Å². The number of hydrogen-bond acceptors (Lipinski definition) is 3. The smallest absolute Gasteiger partial charge is 0.289 e. The monoisotopic (exact) mass is 222 g/mol. The fourth-order valence-electron chi connectivity index (χ4n) is 1.95. The summed E-state index contributed by atoms with van der Waals surface area (Å²) in [7, 11) is 2.09. The molecule has 1 fully saturated rings. The summed E-state index contributed by atoms with van der Waals surface area (Å²) in [5, 5.41) is 0. The van der Waals surface area contributed by atoms with Gasteiger partial charge in [-0.1, -0.05) is 0 Å². The molecular formula is C12H18N2O2. The maximum Gasteiger partial charge on any atom is 0.289 e. The maximum absolute atomic E-state index is 12.1. The highest BCUT2D eigenvalue weighted by Gasteiger charge is 2.20. The van der Waals surface area contributed by atoms with Gasteiger partial charge in [0.1, 0.15) is 5.76 Å². The van der Waals surface area contributed by atoms with E-state index in [2.05, 4.69) is 11.9 Å². The highest BCUT2D eigenvalue weighted by Crippen LogP contribution is 2.11. The Labute approximate surface area is 95.8 Å². The molecule has 0 aromatic carbocycles. The van der Waals surface area contributed by atoms with E-state index >= 15 is 0 Å². The van der Waals surface area contributed by atoms with Gasteiger partial charge in [0, 0.05) is 19.6 Å². The van der Waals surface area contributed by atoms with Crippen molar-refractivity contribution in [2.24, 2.45) is 0 Å². The van der Waals surface area contributed by atoms with Crippen molar-refractivity contribution in [3.63, 3.8) is 0 Å². The fraction of sp³-hybridized carbons (Fsp3) is 0.583. The molecule has 1 aliphatic rings. The largest absolute Gasteiger partial charge is 0.456 e. The molecule has 2 heterocycles. The Bertz CT molecular complexity index is 373. The van der Waals surface area contributed by atoms with E-state index in [4.69, 9.17) is 4.42 Å². The van der Waals surface area contributed by atoms with Gasteiger partial charge in [-0.2, -0.15) is 0 Å². The molecule has 1 saturated heterocycles. The van der Waals surface area contributed by atoms with Gasteiger partial charge < -0.3 is 14.2 Å². The Morgan fingerprint density at radius 2 is 2.06 bits per heavy atom. The summed E-state index contributed by atoms with van der Waals surface area (Å²) in [6.07, 6.45) is 1.03. The average molecular weight is 222 g/mol. The lowest BCUT2D eigenvalue weighted by Gasteiger charge is -2.19. The summed E-state index contributed by atoms with van der Waals surface area (Å²) in [5.41, 5.74) is 0. The molecular weight excluding hydrogens is 204 g/mol. The van der Waals surface area contributed by atoms with Crippen LogP contribution in [0, 0.1) is 6.92 Å². The van der Waals surface area contributed by atoms with Crippen molar-refractivity contribution in [1.29, 1.82) is 0 Å². The van der Waals surface area contributed by atoms with Crippen molar-refractivity contribution in [3.05, 3.63) is 23.7 Å². The topological polar surface area (TPSA) is 36.7 Å². The standard InChI is InChI=1S/C12H18N2O2/c1-10-4-5-11(16-10)12(15)14-7-3-6-13(2)8-9-14/h4-5H,3,6-9H2,1-2H3. The number of rotatable bonds is 1. The number of likely N-dealkylation sites (N-methyl/N-ethyl adjacent to an activating group) is 1. The molecule has 0 radical (unpaired) electrons. The Morgan fingerprint density at radius 1 is 1.25 bits per heavy atom. The molecule has 1 aliphatic heterocycles. The Morgan fingerprint density at radius 3 is 2.75 bits per heavy atom. The summed E-state index contributed by atoms with van der Waals surface area (Å²) in [6, 6.07) is 3.59. The summed E-state index contributed by atoms with van der Waals surface area (Å²) in [4.78, 5) is 16.2. The number of nitrogens with zero attached hydrogens (tertiary/aromatic N) is 2. The molecule has 1 amide bonds. The molecule has 0 bridgehead atoms. The molecule has 0 unspecified atom stereocenters. The highest BCUT2D eigenvalue weighted by atomic mass is 16.3. The number of aryl methyl sites for hydroxylation is 1. The molecule has 0 aliphatic carbocycles. The number of amides is 1. The van der Waals surface area contributed by atoms with Crippen LogP contribution in [-0.4, -0.2) is 48.9 Å². The second-order valence-electron chi connectivity index (χ2n) is 4.36. The van der Waals surface area contributed by atoms with Crippen LogP contribution in [0.1, 0.15) is 22.7 Å². The van der Waals surface area contributed by atoms with Crippen LogP contribution in [0.4, 0.5) is 0 Å². The summed E-state index contributed by atoms with van der Waals surface area (Å²) in [5.74, 6) is 1.26. The fourth-order valence-corrected chi connectivity index (χ4v) is 1.95. The molecule has 2 rings (SSSR count). The number of furan rings is 1. The van der Waals surface area contributed by atoms with Crippen LogP contribution < -0.4 is 0 Å². The minimum absolute atomic E-state index is 0.0170. The first-order chi connectivity index (χ1) is 7.66. The third-order valence-corrected chi connectivity index (χ3v) is 2.96. The van der Waals surface area contributed by atoms with E-state index in [9.17, 15) is 4.79 Å². The predicted octanol–water partition coefficient (Wildman–Crippen LogP) is 1.37. The normalized spacial score (nSPS) is 18.5. The molecule has 1 aromatic heterocycles. The first-order valence-corrected chi connectivity index (χ1v) is 5.71. The molecule has 0 spiro atoms. The summed E-state index contributed by atoms with van der Waals surface area (Å²) < 4.78 is 5.36. The average Bonchev–Trinajstić information content (AvgIpc) is 2.57. The van der Waals surface area contributed by atoms with Crippen molar-refractivity contribution in [2.75, 3.05) is 33.2 Å².